The van der Waals surface area contributed by atoms with Crippen molar-refractivity contribution in [3.8, 4) is 0 Å². The number of hydrogen-bond donors (Lipinski definition) is 2. The molecule has 1 amide bonds. The van der Waals surface area contributed by atoms with Crippen molar-refractivity contribution in [1.82, 2.24) is 5.32 Å². The lowest BCUT2D eigenvalue weighted by molar-refractivity contribution is -0.119. The van der Waals surface area contributed by atoms with Crippen LogP contribution in [0.15, 0.2) is 10.5 Å². The van der Waals surface area contributed by atoms with Gasteiger partial charge in [-0.05, 0) is 47.3 Å². The number of primary amides is 1. The predicted octanol–water partition coefficient (Wildman–Crippen LogP) is 2.17. The number of halogens is 2. The molecule has 2 atom stereocenters. The van der Waals surface area contributed by atoms with E-state index in [0.29, 0.717) is 5.92 Å². The summed E-state index contributed by atoms with van der Waals surface area (Å²) < 4.78 is 1.74. The third-order valence-corrected chi connectivity index (χ3v) is 5.25. The second-order valence-corrected chi connectivity index (χ2v) is 6.60. The lowest BCUT2D eigenvalue weighted by atomic mass is 10.0. The van der Waals surface area contributed by atoms with Gasteiger partial charge in [0.25, 0.3) is 0 Å². The second-order valence-electron chi connectivity index (χ2n) is 4.00. The summed E-state index contributed by atoms with van der Waals surface area (Å²) in [5.74, 6) is 0.215. The molecule has 1 saturated heterocycles. The average molecular weight is 324 g/mol. The van der Waals surface area contributed by atoms with Gasteiger partial charge in [0, 0.05) is 9.35 Å². The average Bonchev–Trinajstić information content (AvgIpc) is 2.76. The maximum absolute atomic E-state index is 11.0. The molecule has 2 heterocycles. The Morgan fingerprint density at radius 3 is 3.00 bits per heavy atom. The predicted molar refractivity (Wildman–Crippen MR) is 69.8 cm³/mol. The number of amides is 1. The summed E-state index contributed by atoms with van der Waals surface area (Å²) in [6.07, 6.45) is 1.77. The molecular formula is C10H12BrClN2OS. The minimum absolute atomic E-state index is 0.163. The first-order chi connectivity index (χ1) is 7.56. The van der Waals surface area contributed by atoms with E-state index < -0.39 is 0 Å². The zero-order chi connectivity index (χ0) is 11.7. The lowest BCUT2D eigenvalue weighted by Gasteiger charge is -2.05. The highest BCUT2D eigenvalue weighted by Crippen LogP contribution is 2.34. The SMILES string of the molecule is NC(=O)C1CC(Cc2cc(Br)c(Cl)s2)CN1. The molecule has 1 aromatic rings. The third kappa shape index (κ3) is 2.77. The first kappa shape index (κ1) is 12.4. The molecule has 0 radical (unpaired) electrons. The molecule has 0 aliphatic carbocycles. The Labute approximate surface area is 111 Å². The van der Waals surface area contributed by atoms with Crippen molar-refractivity contribution >= 4 is 44.8 Å². The fourth-order valence-corrected chi connectivity index (χ4v) is 3.86. The van der Waals surface area contributed by atoms with E-state index in [1.54, 1.807) is 11.3 Å². The van der Waals surface area contributed by atoms with E-state index in [1.165, 1.54) is 4.88 Å². The number of nitrogens with one attached hydrogen (secondary N) is 1. The van der Waals surface area contributed by atoms with E-state index in [1.807, 2.05) is 6.07 Å². The Kier molecular flexibility index (Phi) is 3.89. The Morgan fingerprint density at radius 1 is 1.75 bits per heavy atom. The van der Waals surface area contributed by atoms with Crippen LogP contribution < -0.4 is 11.1 Å². The highest BCUT2D eigenvalue weighted by Gasteiger charge is 2.28. The fourth-order valence-electron chi connectivity index (χ4n) is 1.96. The smallest absolute Gasteiger partial charge is 0.234 e. The summed E-state index contributed by atoms with van der Waals surface area (Å²) >= 11 is 11.0. The van der Waals surface area contributed by atoms with Gasteiger partial charge in [-0.15, -0.1) is 11.3 Å². The van der Waals surface area contributed by atoms with Crippen molar-refractivity contribution in [2.45, 2.75) is 18.9 Å². The van der Waals surface area contributed by atoms with Crippen LogP contribution in [-0.4, -0.2) is 18.5 Å². The molecule has 0 bridgehead atoms. The molecular weight excluding hydrogens is 312 g/mol. The molecule has 6 heteroatoms. The van der Waals surface area contributed by atoms with Gasteiger partial charge in [-0.2, -0.15) is 0 Å². The molecule has 0 aromatic carbocycles. The standard InChI is InChI=1S/C10H12BrClN2OS/c11-7-3-6(16-9(7)12)1-5-2-8(10(13)15)14-4-5/h3,5,8,14H,1-2,4H2,(H2,13,15). The van der Waals surface area contributed by atoms with Gasteiger partial charge < -0.3 is 11.1 Å². The minimum Gasteiger partial charge on any atom is -0.368 e. The Hall–Kier alpha value is -0.100. The number of hydrogen-bond acceptors (Lipinski definition) is 3. The topological polar surface area (TPSA) is 55.1 Å². The van der Waals surface area contributed by atoms with Crippen LogP contribution in [0.1, 0.15) is 11.3 Å². The highest BCUT2D eigenvalue weighted by atomic mass is 79.9. The van der Waals surface area contributed by atoms with Crippen molar-refractivity contribution in [1.29, 1.82) is 0 Å². The lowest BCUT2D eigenvalue weighted by Crippen LogP contribution is -2.36. The first-order valence-electron chi connectivity index (χ1n) is 5.02. The van der Waals surface area contributed by atoms with Crippen LogP contribution in [0.5, 0.6) is 0 Å². The van der Waals surface area contributed by atoms with E-state index in [0.717, 1.165) is 28.2 Å². The van der Waals surface area contributed by atoms with Gasteiger partial charge in [-0.25, -0.2) is 0 Å². The first-order valence-corrected chi connectivity index (χ1v) is 7.01. The van der Waals surface area contributed by atoms with E-state index in [9.17, 15) is 4.79 Å². The van der Waals surface area contributed by atoms with Crippen molar-refractivity contribution in [2.24, 2.45) is 11.7 Å². The molecule has 1 aromatic heterocycles. The quantitative estimate of drug-likeness (QED) is 0.896. The molecule has 0 spiro atoms. The molecule has 1 fully saturated rings. The normalized spacial score (nSPS) is 24.9. The van der Waals surface area contributed by atoms with Crippen molar-refractivity contribution in [2.75, 3.05) is 6.54 Å². The summed E-state index contributed by atoms with van der Waals surface area (Å²) in [5, 5.41) is 3.13. The molecule has 3 nitrogen and oxygen atoms in total. The number of carbonyl (C=O) groups is 1. The van der Waals surface area contributed by atoms with Crippen LogP contribution in [0, 0.1) is 5.92 Å². The molecule has 88 valence electrons. The second kappa shape index (κ2) is 5.04. The monoisotopic (exact) mass is 322 g/mol. The molecule has 2 unspecified atom stereocenters. The molecule has 1 aliphatic heterocycles. The maximum Gasteiger partial charge on any atom is 0.234 e. The Bertz CT molecular complexity index is 390. The van der Waals surface area contributed by atoms with E-state index in [2.05, 4.69) is 21.2 Å². The van der Waals surface area contributed by atoms with E-state index in [4.69, 9.17) is 17.3 Å². The van der Waals surface area contributed by atoms with Crippen LogP contribution >= 0.6 is 38.9 Å². The summed E-state index contributed by atoms with van der Waals surface area (Å²) in [6.45, 7) is 0.848. The summed E-state index contributed by atoms with van der Waals surface area (Å²) in [7, 11) is 0. The summed E-state index contributed by atoms with van der Waals surface area (Å²) in [4.78, 5) is 12.2. The van der Waals surface area contributed by atoms with Crippen molar-refractivity contribution < 1.29 is 4.79 Å². The largest absolute Gasteiger partial charge is 0.368 e. The van der Waals surface area contributed by atoms with Gasteiger partial charge in [0.05, 0.1) is 6.04 Å². The van der Waals surface area contributed by atoms with Crippen molar-refractivity contribution in [3.05, 3.63) is 19.8 Å². The molecule has 3 N–H and O–H groups in total. The Morgan fingerprint density at radius 2 is 2.50 bits per heavy atom. The summed E-state index contributed by atoms with van der Waals surface area (Å²) in [6, 6.07) is 1.88. The third-order valence-electron chi connectivity index (χ3n) is 2.75. The van der Waals surface area contributed by atoms with E-state index >= 15 is 0 Å². The highest BCUT2D eigenvalue weighted by molar-refractivity contribution is 9.10. The van der Waals surface area contributed by atoms with Gasteiger partial charge >= 0.3 is 0 Å². The van der Waals surface area contributed by atoms with Crippen LogP contribution in [-0.2, 0) is 11.2 Å². The molecule has 1 aliphatic rings. The zero-order valence-electron chi connectivity index (χ0n) is 8.50. The minimum atomic E-state index is -0.257. The fraction of sp³-hybridized carbons (Fsp3) is 0.500. The van der Waals surface area contributed by atoms with Gasteiger partial charge in [0.15, 0.2) is 0 Å². The van der Waals surface area contributed by atoms with Gasteiger partial charge in [-0.3, -0.25) is 4.79 Å². The van der Waals surface area contributed by atoms with Gasteiger partial charge in [0.2, 0.25) is 5.91 Å². The molecule has 16 heavy (non-hydrogen) atoms. The number of thiophene rings is 1. The summed E-state index contributed by atoms with van der Waals surface area (Å²) in [5.41, 5.74) is 5.25. The number of rotatable bonds is 3. The van der Waals surface area contributed by atoms with Crippen LogP contribution in [0.4, 0.5) is 0 Å². The zero-order valence-corrected chi connectivity index (χ0v) is 11.7. The van der Waals surface area contributed by atoms with Gasteiger partial charge in [0.1, 0.15) is 4.34 Å². The van der Waals surface area contributed by atoms with Crippen LogP contribution in [0.2, 0.25) is 4.34 Å². The van der Waals surface area contributed by atoms with Crippen LogP contribution in [0.25, 0.3) is 0 Å². The number of carbonyl (C=O) groups excluding carboxylic acids is 1. The maximum atomic E-state index is 11.0. The van der Waals surface area contributed by atoms with Crippen LogP contribution in [0.3, 0.4) is 0 Å². The van der Waals surface area contributed by atoms with Crippen molar-refractivity contribution in [3.63, 3.8) is 0 Å². The van der Waals surface area contributed by atoms with Gasteiger partial charge in [-0.1, -0.05) is 11.6 Å². The van der Waals surface area contributed by atoms with E-state index in [-0.39, 0.29) is 11.9 Å². The molecule has 0 saturated carbocycles. The Balaban J connectivity index is 1.94. The molecule has 2 rings (SSSR count). The number of nitrogens with two attached hydrogens (primary N) is 1.